The highest BCUT2D eigenvalue weighted by Gasteiger charge is 2.35. The van der Waals surface area contributed by atoms with Crippen LogP contribution in [0.3, 0.4) is 0 Å². The van der Waals surface area contributed by atoms with Gasteiger partial charge < -0.3 is 5.32 Å². The number of hydrogen-bond donors (Lipinski definition) is 1. The molecule has 2 aliphatic heterocycles. The Hall–Kier alpha value is -2.95. The monoisotopic (exact) mass is 529 g/mol. The van der Waals surface area contributed by atoms with E-state index >= 15 is 0 Å². The van der Waals surface area contributed by atoms with Gasteiger partial charge in [-0.25, -0.2) is 27.8 Å². The molecule has 190 valence electrons. The van der Waals surface area contributed by atoms with Crippen molar-refractivity contribution in [2.45, 2.75) is 37.6 Å². The summed E-state index contributed by atoms with van der Waals surface area (Å²) in [6.45, 7) is 4.31. The molecular formula is C25H28ClN5O4S. The van der Waals surface area contributed by atoms with Crippen molar-refractivity contribution >= 4 is 44.1 Å². The average Bonchev–Trinajstić information content (AvgIpc) is 3.40. The van der Waals surface area contributed by atoms with Crippen LogP contribution in [0.4, 0.5) is 4.79 Å². The predicted octanol–water partition coefficient (Wildman–Crippen LogP) is 3.39. The molecule has 2 aromatic carbocycles. The fourth-order valence-electron chi connectivity index (χ4n) is 4.87. The molecule has 1 aromatic heterocycles. The molecule has 0 atom stereocenters. The van der Waals surface area contributed by atoms with Crippen molar-refractivity contribution in [1.29, 1.82) is 0 Å². The number of imidazole rings is 1. The number of amides is 2. The van der Waals surface area contributed by atoms with E-state index in [0.29, 0.717) is 23.9 Å². The van der Waals surface area contributed by atoms with Gasteiger partial charge in [-0.2, -0.15) is 0 Å². The van der Waals surface area contributed by atoms with Crippen LogP contribution in [0, 0.1) is 12.8 Å². The van der Waals surface area contributed by atoms with Crippen molar-refractivity contribution in [3.8, 4) is 0 Å². The summed E-state index contributed by atoms with van der Waals surface area (Å²) in [7, 11) is -3.59. The molecule has 36 heavy (non-hydrogen) atoms. The summed E-state index contributed by atoms with van der Waals surface area (Å²) in [4.78, 5) is 29.5. The van der Waals surface area contributed by atoms with E-state index in [1.165, 1.54) is 0 Å². The summed E-state index contributed by atoms with van der Waals surface area (Å²) in [6.07, 6.45) is 3.34. The van der Waals surface area contributed by atoms with Crippen LogP contribution >= 0.6 is 11.6 Å². The number of carbonyl (C=O) groups excluding carboxylic acids is 2. The lowest BCUT2D eigenvalue weighted by Crippen LogP contribution is -2.49. The second-order valence-electron chi connectivity index (χ2n) is 9.40. The number of halogens is 1. The van der Waals surface area contributed by atoms with E-state index in [9.17, 15) is 18.0 Å². The van der Waals surface area contributed by atoms with Crippen molar-refractivity contribution < 1.29 is 18.0 Å². The maximum absolute atomic E-state index is 12.8. The summed E-state index contributed by atoms with van der Waals surface area (Å²) >= 11 is 6.00. The molecule has 1 N–H and O–H groups in total. The van der Waals surface area contributed by atoms with E-state index in [0.717, 1.165) is 42.4 Å². The standard InChI is InChI=1S/C25H28ClN5O4S/c1-17-27-15-22-16-30(25(33)31(17)22)29-9-6-18(7-10-29)14-28-24(32)8-11-36(34,35)23-5-3-19-12-21(26)4-2-20(19)13-23/h2-5,12-13,15,18H,6-11,14,16H2,1H3,(H,28,32). The Labute approximate surface area is 214 Å². The first-order valence-corrected chi connectivity index (χ1v) is 14.0. The van der Waals surface area contributed by atoms with Crippen LogP contribution in [0.2, 0.25) is 5.02 Å². The van der Waals surface area contributed by atoms with E-state index in [1.54, 1.807) is 52.2 Å². The zero-order valence-electron chi connectivity index (χ0n) is 20.0. The number of rotatable bonds is 7. The number of carbonyl (C=O) groups is 2. The van der Waals surface area contributed by atoms with E-state index in [1.807, 2.05) is 6.92 Å². The summed E-state index contributed by atoms with van der Waals surface area (Å²) < 4.78 is 27.2. The molecule has 1 fully saturated rings. The van der Waals surface area contributed by atoms with Crippen LogP contribution in [0.1, 0.15) is 30.8 Å². The second kappa shape index (κ2) is 9.84. The number of aryl methyl sites for hydroxylation is 1. The van der Waals surface area contributed by atoms with Gasteiger partial charge in [-0.05, 0) is 60.7 Å². The first-order valence-electron chi connectivity index (χ1n) is 12.0. The van der Waals surface area contributed by atoms with Gasteiger partial charge in [0.05, 0.1) is 29.1 Å². The Morgan fingerprint density at radius 2 is 1.86 bits per heavy atom. The highest BCUT2D eigenvalue weighted by molar-refractivity contribution is 7.91. The topological polar surface area (TPSA) is 105 Å². The number of benzene rings is 2. The van der Waals surface area contributed by atoms with Crippen LogP contribution < -0.4 is 5.32 Å². The fraction of sp³-hybridized carbons (Fsp3) is 0.400. The smallest absolute Gasteiger partial charge is 0.344 e. The van der Waals surface area contributed by atoms with E-state index in [2.05, 4.69) is 15.3 Å². The van der Waals surface area contributed by atoms with Crippen LogP contribution in [0.15, 0.2) is 47.5 Å². The Balaban J connectivity index is 1.07. The van der Waals surface area contributed by atoms with Gasteiger partial charge in [0.1, 0.15) is 5.82 Å². The van der Waals surface area contributed by atoms with E-state index in [-0.39, 0.29) is 34.9 Å². The molecule has 1 saturated heterocycles. The van der Waals surface area contributed by atoms with Gasteiger partial charge in [-0.1, -0.05) is 23.7 Å². The molecule has 9 nitrogen and oxygen atoms in total. The van der Waals surface area contributed by atoms with Gasteiger partial charge in [-0.3, -0.25) is 9.80 Å². The number of sulfone groups is 1. The van der Waals surface area contributed by atoms with Crippen LogP contribution in [-0.4, -0.2) is 65.3 Å². The van der Waals surface area contributed by atoms with Crippen molar-refractivity contribution in [3.63, 3.8) is 0 Å². The van der Waals surface area contributed by atoms with Gasteiger partial charge in [0.2, 0.25) is 5.91 Å². The zero-order chi connectivity index (χ0) is 25.4. The van der Waals surface area contributed by atoms with Crippen molar-refractivity contribution in [2.75, 3.05) is 25.4 Å². The Morgan fingerprint density at radius 1 is 1.14 bits per heavy atom. The molecule has 5 rings (SSSR count). The van der Waals surface area contributed by atoms with Crippen LogP contribution in [-0.2, 0) is 21.2 Å². The molecule has 11 heteroatoms. The number of piperidine rings is 1. The molecule has 2 amide bonds. The first kappa shape index (κ1) is 24.7. The number of fused-ring (bicyclic) bond motifs is 2. The Morgan fingerprint density at radius 3 is 2.61 bits per heavy atom. The van der Waals surface area contributed by atoms with E-state index in [4.69, 9.17) is 11.6 Å². The summed E-state index contributed by atoms with van der Waals surface area (Å²) in [6, 6.07) is 10.1. The van der Waals surface area contributed by atoms with Crippen molar-refractivity contribution in [3.05, 3.63) is 59.1 Å². The lowest BCUT2D eigenvalue weighted by molar-refractivity contribution is -0.121. The minimum atomic E-state index is -3.59. The quantitative estimate of drug-likeness (QED) is 0.503. The molecule has 0 aliphatic carbocycles. The number of nitrogens with zero attached hydrogens (tertiary/aromatic N) is 4. The molecule has 0 saturated carbocycles. The number of hydrogen-bond acceptors (Lipinski definition) is 6. The highest BCUT2D eigenvalue weighted by Crippen LogP contribution is 2.26. The third kappa shape index (κ3) is 4.98. The number of nitrogens with one attached hydrogen (secondary N) is 1. The highest BCUT2D eigenvalue weighted by atomic mass is 35.5. The Bertz CT molecular complexity index is 1430. The lowest BCUT2D eigenvalue weighted by Gasteiger charge is -2.37. The summed E-state index contributed by atoms with van der Waals surface area (Å²) in [5, 5.41) is 8.97. The fourth-order valence-corrected chi connectivity index (χ4v) is 6.32. The molecule has 3 aromatic rings. The molecule has 0 spiro atoms. The summed E-state index contributed by atoms with van der Waals surface area (Å²) in [5.74, 6) is 0.463. The normalized spacial score (nSPS) is 17.1. The predicted molar refractivity (Wildman–Crippen MR) is 136 cm³/mol. The molecule has 2 aliphatic rings. The van der Waals surface area contributed by atoms with Crippen molar-refractivity contribution in [2.24, 2.45) is 5.92 Å². The molecule has 3 heterocycles. The maximum Gasteiger partial charge on any atom is 0.344 e. The maximum atomic E-state index is 12.8. The number of hydrazine groups is 1. The second-order valence-corrected chi connectivity index (χ2v) is 11.9. The zero-order valence-corrected chi connectivity index (χ0v) is 21.6. The minimum absolute atomic E-state index is 0.0665. The van der Waals surface area contributed by atoms with Gasteiger partial charge in [0, 0.05) is 31.1 Å². The molecule has 0 radical (unpaired) electrons. The van der Waals surface area contributed by atoms with Gasteiger partial charge in [0.25, 0.3) is 0 Å². The molecular weight excluding hydrogens is 502 g/mol. The number of aromatic nitrogens is 2. The Kier molecular flexibility index (Phi) is 6.76. The third-order valence-electron chi connectivity index (χ3n) is 6.99. The SMILES string of the molecule is Cc1ncc2n1C(=O)N(N1CCC(CNC(=O)CCS(=O)(=O)c3ccc4cc(Cl)ccc4c3)CC1)C2. The van der Waals surface area contributed by atoms with Gasteiger partial charge in [0.15, 0.2) is 9.84 Å². The summed E-state index contributed by atoms with van der Waals surface area (Å²) in [5.41, 5.74) is 0.898. The third-order valence-corrected chi connectivity index (χ3v) is 8.93. The first-order chi connectivity index (χ1) is 17.2. The largest absolute Gasteiger partial charge is 0.356 e. The minimum Gasteiger partial charge on any atom is -0.356 e. The molecule has 0 unspecified atom stereocenters. The van der Waals surface area contributed by atoms with Crippen LogP contribution in [0.25, 0.3) is 10.8 Å². The van der Waals surface area contributed by atoms with E-state index < -0.39 is 9.84 Å². The lowest BCUT2D eigenvalue weighted by atomic mass is 9.97. The van der Waals surface area contributed by atoms with Gasteiger partial charge in [-0.15, -0.1) is 0 Å². The molecule has 0 bridgehead atoms. The average molecular weight is 530 g/mol. The van der Waals surface area contributed by atoms with Gasteiger partial charge >= 0.3 is 6.03 Å². The van der Waals surface area contributed by atoms with Crippen LogP contribution in [0.5, 0.6) is 0 Å². The van der Waals surface area contributed by atoms with Crippen molar-refractivity contribution in [1.82, 2.24) is 24.9 Å².